The highest BCUT2D eigenvalue weighted by Gasteiger charge is 2.18. The quantitative estimate of drug-likeness (QED) is 0.819. The molecule has 0 aliphatic rings. The lowest BCUT2D eigenvalue weighted by Crippen LogP contribution is -2.37. The summed E-state index contributed by atoms with van der Waals surface area (Å²) in [4.78, 5) is 1.27. The fourth-order valence-electron chi connectivity index (χ4n) is 1.68. The Morgan fingerprint density at radius 2 is 1.88 bits per heavy atom. The third kappa shape index (κ3) is 2.65. The van der Waals surface area contributed by atoms with E-state index >= 15 is 0 Å². The summed E-state index contributed by atoms with van der Waals surface area (Å²) in [6, 6.07) is 6.67. The smallest absolute Gasteiger partial charge is 0.225 e. The highest BCUT2D eigenvalue weighted by Crippen LogP contribution is 2.18. The van der Waals surface area contributed by atoms with Crippen LogP contribution in [0.4, 0.5) is 0 Å². The molecule has 2 aromatic rings. The maximum atomic E-state index is 10.1. The molecule has 0 saturated carbocycles. The van der Waals surface area contributed by atoms with Gasteiger partial charge in [-0.25, -0.2) is 0 Å². The number of thiazole rings is 1. The molecule has 0 amide bonds. The van der Waals surface area contributed by atoms with E-state index in [0.29, 0.717) is 6.54 Å². The fourth-order valence-corrected chi connectivity index (χ4v) is 2.49. The molecule has 3 nitrogen and oxygen atoms in total. The first kappa shape index (κ1) is 12.1. The Hall–Kier alpha value is -1.39. The van der Waals surface area contributed by atoms with E-state index < -0.39 is 6.10 Å². The molecular formula is C13H16NO2S+. The molecule has 0 saturated heterocycles. The molecule has 90 valence electrons. The van der Waals surface area contributed by atoms with Crippen LogP contribution in [0.15, 0.2) is 29.8 Å². The molecule has 1 aromatic heterocycles. The molecule has 1 unspecified atom stereocenters. The Morgan fingerprint density at radius 1 is 1.24 bits per heavy atom. The lowest BCUT2D eigenvalue weighted by molar-refractivity contribution is -0.706. The zero-order valence-corrected chi connectivity index (χ0v) is 10.7. The van der Waals surface area contributed by atoms with E-state index in [4.69, 9.17) is 0 Å². The van der Waals surface area contributed by atoms with Crippen molar-refractivity contribution in [2.75, 3.05) is 0 Å². The molecule has 0 radical (unpaired) electrons. The second-order valence-electron chi connectivity index (χ2n) is 4.12. The highest BCUT2D eigenvalue weighted by atomic mass is 32.1. The van der Waals surface area contributed by atoms with Gasteiger partial charge in [0.1, 0.15) is 11.9 Å². The summed E-state index contributed by atoms with van der Waals surface area (Å²) >= 11 is 1.68. The van der Waals surface area contributed by atoms with Gasteiger partial charge in [-0.15, -0.1) is 0 Å². The first-order valence-electron chi connectivity index (χ1n) is 5.49. The number of benzene rings is 1. The zero-order chi connectivity index (χ0) is 12.4. The largest absolute Gasteiger partial charge is 0.508 e. The fraction of sp³-hybridized carbons (Fsp3) is 0.308. The van der Waals surface area contributed by atoms with Crippen LogP contribution in [0.3, 0.4) is 0 Å². The van der Waals surface area contributed by atoms with Crippen LogP contribution in [-0.4, -0.2) is 10.2 Å². The molecule has 0 fully saturated rings. The van der Waals surface area contributed by atoms with Crippen LogP contribution in [0, 0.1) is 13.8 Å². The van der Waals surface area contributed by atoms with Crippen LogP contribution in [0.5, 0.6) is 5.75 Å². The molecule has 1 aromatic carbocycles. The number of phenolic OH excluding ortho intramolecular Hbond substituents is 1. The molecule has 4 heteroatoms. The number of aliphatic hydroxyl groups is 1. The van der Waals surface area contributed by atoms with E-state index in [1.807, 2.05) is 5.51 Å². The minimum absolute atomic E-state index is 0.219. The van der Waals surface area contributed by atoms with E-state index in [1.165, 1.54) is 10.6 Å². The van der Waals surface area contributed by atoms with Crippen molar-refractivity contribution in [1.29, 1.82) is 0 Å². The Bertz CT molecular complexity index is 505. The Labute approximate surface area is 105 Å². The maximum absolute atomic E-state index is 10.1. The molecule has 0 spiro atoms. The van der Waals surface area contributed by atoms with Crippen LogP contribution in [0.1, 0.15) is 22.2 Å². The number of aliphatic hydroxyl groups excluding tert-OH is 1. The number of aromatic hydroxyl groups is 1. The van der Waals surface area contributed by atoms with Crippen LogP contribution in [-0.2, 0) is 6.54 Å². The minimum Gasteiger partial charge on any atom is -0.508 e. The number of hydrogen-bond donors (Lipinski definition) is 2. The van der Waals surface area contributed by atoms with E-state index in [0.717, 1.165) is 5.56 Å². The predicted molar refractivity (Wildman–Crippen MR) is 67.1 cm³/mol. The summed E-state index contributed by atoms with van der Waals surface area (Å²) < 4.78 is 2.05. The third-order valence-corrected chi connectivity index (χ3v) is 3.95. The van der Waals surface area contributed by atoms with Crippen molar-refractivity contribution in [3.63, 3.8) is 0 Å². The van der Waals surface area contributed by atoms with E-state index in [-0.39, 0.29) is 5.75 Å². The van der Waals surface area contributed by atoms with Gasteiger partial charge in [-0.3, -0.25) is 0 Å². The number of phenols is 1. The van der Waals surface area contributed by atoms with Gasteiger partial charge in [-0.1, -0.05) is 23.5 Å². The Kier molecular flexibility index (Phi) is 3.45. The topological polar surface area (TPSA) is 44.3 Å². The molecule has 17 heavy (non-hydrogen) atoms. The highest BCUT2D eigenvalue weighted by molar-refractivity contribution is 7.09. The lowest BCUT2D eigenvalue weighted by atomic mass is 10.1. The summed E-state index contributed by atoms with van der Waals surface area (Å²) in [6.45, 7) is 4.67. The van der Waals surface area contributed by atoms with Gasteiger partial charge in [-0.05, 0) is 24.6 Å². The average molecular weight is 250 g/mol. The van der Waals surface area contributed by atoms with E-state index in [9.17, 15) is 10.2 Å². The summed E-state index contributed by atoms with van der Waals surface area (Å²) in [5.41, 5.74) is 4.03. The van der Waals surface area contributed by atoms with Gasteiger partial charge < -0.3 is 10.2 Å². The van der Waals surface area contributed by atoms with Crippen molar-refractivity contribution in [2.45, 2.75) is 26.5 Å². The monoisotopic (exact) mass is 250 g/mol. The number of aryl methyl sites for hydroxylation is 1. The Morgan fingerprint density at radius 3 is 2.41 bits per heavy atom. The summed E-state index contributed by atoms with van der Waals surface area (Å²) in [5.74, 6) is 0.219. The molecule has 2 N–H and O–H groups in total. The zero-order valence-electron chi connectivity index (χ0n) is 9.92. The minimum atomic E-state index is -0.548. The lowest BCUT2D eigenvalue weighted by Gasteiger charge is -2.07. The number of nitrogens with zero attached hydrogens (tertiary/aromatic N) is 1. The van der Waals surface area contributed by atoms with Crippen LogP contribution < -0.4 is 4.57 Å². The molecule has 1 heterocycles. The van der Waals surface area contributed by atoms with Gasteiger partial charge in [0.2, 0.25) is 5.51 Å². The second-order valence-corrected chi connectivity index (χ2v) is 5.18. The number of hydrogen-bond acceptors (Lipinski definition) is 3. The van der Waals surface area contributed by atoms with E-state index in [2.05, 4.69) is 18.4 Å². The van der Waals surface area contributed by atoms with E-state index in [1.54, 1.807) is 35.6 Å². The van der Waals surface area contributed by atoms with Crippen molar-refractivity contribution in [3.05, 3.63) is 45.9 Å². The second kappa shape index (κ2) is 4.85. The van der Waals surface area contributed by atoms with Crippen LogP contribution >= 0.6 is 11.3 Å². The summed E-state index contributed by atoms with van der Waals surface area (Å²) in [6.07, 6.45) is -0.548. The van der Waals surface area contributed by atoms with Crippen molar-refractivity contribution >= 4 is 11.3 Å². The van der Waals surface area contributed by atoms with Crippen LogP contribution in [0.2, 0.25) is 0 Å². The maximum Gasteiger partial charge on any atom is 0.225 e. The van der Waals surface area contributed by atoms with Crippen molar-refractivity contribution in [3.8, 4) is 5.75 Å². The SMILES string of the molecule is Cc1sc[n+](CC(O)c2ccc(O)cc2)c1C. The molecular weight excluding hydrogens is 234 g/mol. The first-order chi connectivity index (χ1) is 8.08. The van der Waals surface area contributed by atoms with Crippen molar-refractivity contribution in [1.82, 2.24) is 0 Å². The van der Waals surface area contributed by atoms with Gasteiger partial charge in [0.05, 0.1) is 4.88 Å². The third-order valence-electron chi connectivity index (χ3n) is 2.94. The summed E-state index contributed by atoms with van der Waals surface area (Å²) in [5, 5.41) is 19.3. The van der Waals surface area contributed by atoms with Gasteiger partial charge >= 0.3 is 0 Å². The van der Waals surface area contributed by atoms with Gasteiger partial charge in [0.15, 0.2) is 12.2 Å². The van der Waals surface area contributed by atoms with Gasteiger partial charge in [0.25, 0.3) is 0 Å². The number of rotatable bonds is 3. The summed E-state index contributed by atoms with van der Waals surface area (Å²) in [7, 11) is 0. The first-order valence-corrected chi connectivity index (χ1v) is 6.37. The van der Waals surface area contributed by atoms with Gasteiger partial charge in [-0.2, -0.15) is 4.57 Å². The van der Waals surface area contributed by atoms with Gasteiger partial charge in [0, 0.05) is 6.92 Å². The molecule has 0 bridgehead atoms. The molecule has 0 aliphatic heterocycles. The molecule has 0 aliphatic carbocycles. The standard InChI is InChI=1S/C13H15NO2S/c1-9-10(2)17-8-14(9)7-13(16)11-3-5-12(15)6-4-11/h3-6,8,13,16H,7H2,1-2H3/p+1. The number of aromatic nitrogens is 1. The van der Waals surface area contributed by atoms with Crippen molar-refractivity contribution in [2.24, 2.45) is 0 Å². The van der Waals surface area contributed by atoms with Crippen molar-refractivity contribution < 1.29 is 14.8 Å². The average Bonchev–Trinajstić information content (AvgIpc) is 2.62. The Balaban J connectivity index is 2.14. The predicted octanol–water partition coefficient (Wildman–Crippen LogP) is 2.09. The molecule has 2 rings (SSSR count). The molecule has 1 atom stereocenters. The normalized spacial score (nSPS) is 12.6. The van der Waals surface area contributed by atoms with Crippen LogP contribution in [0.25, 0.3) is 0 Å².